The number of hydrazine groups is 1. The van der Waals surface area contributed by atoms with Gasteiger partial charge in [0.15, 0.2) is 12.1 Å². The molecule has 45 heavy (non-hydrogen) atoms. The van der Waals surface area contributed by atoms with E-state index in [0.717, 1.165) is 23.3 Å². The molecule has 1 amide bonds. The Morgan fingerprint density at radius 1 is 1.16 bits per heavy atom. The molecule has 0 spiro atoms. The van der Waals surface area contributed by atoms with Gasteiger partial charge in [-0.25, -0.2) is 23.2 Å². The van der Waals surface area contributed by atoms with Crippen LogP contribution in [0.2, 0.25) is 0 Å². The zero-order valence-corrected chi connectivity index (χ0v) is 23.4. The van der Waals surface area contributed by atoms with Crippen LogP contribution >= 0.6 is 0 Å². The van der Waals surface area contributed by atoms with Gasteiger partial charge in [0.1, 0.15) is 29.0 Å². The minimum Gasteiger partial charge on any atom is -0.510 e. The minimum atomic E-state index is -4.83. The third-order valence-electron chi connectivity index (χ3n) is 8.46. The molecule has 0 bridgehead atoms. The normalized spacial score (nSPS) is 29.9. The summed E-state index contributed by atoms with van der Waals surface area (Å²) in [4.78, 5) is 17.0. The minimum absolute atomic E-state index is 0.0992. The van der Waals surface area contributed by atoms with Crippen molar-refractivity contribution in [1.29, 1.82) is 0 Å². The molecule has 4 aliphatic rings. The topological polar surface area (TPSA) is 88.9 Å². The average molecular weight is 651 g/mol. The molecule has 3 heterocycles. The molecule has 3 N–H and O–H groups in total. The van der Waals surface area contributed by atoms with Crippen molar-refractivity contribution in [1.82, 2.24) is 20.3 Å². The molecular formula is C29H27F9N4O3. The van der Waals surface area contributed by atoms with Gasteiger partial charge in [0.2, 0.25) is 0 Å². The molecule has 0 aromatic carbocycles. The van der Waals surface area contributed by atoms with Gasteiger partial charge in [-0.15, -0.1) is 0 Å². The standard InChI is InChI=1S/C29H27F9N4O3/c1-27-7-2-8-42(27)41(13-15-9-19(31)20(32)11-18(15)30)26(45)23(24(27)43)25(44)40-21-5-4-16(28(33,34)35)10-17(21)14-3-6-22(39-12-14)29(36,37)38/h3-6,9-10,12,17-18,21,26,43,45H,2,7-8,11,13H2,1H3,(H,40,44)/t17?,18?,21?,26-,27?/m1/s1. The first kappa shape index (κ1) is 32.8. The number of rotatable bonds is 5. The van der Waals surface area contributed by atoms with Crippen molar-refractivity contribution in [3.8, 4) is 0 Å². The Balaban J connectivity index is 1.47. The lowest BCUT2D eigenvalue weighted by Gasteiger charge is -2.49. The summed E-state index contributed by atoms with van der Waals surface area (Å²) in [5.74, 6) is -5.63. The molecule has 16 heteroatoms. The van der Waals surface area contributed by atoms with Crippen molar-refractivity contribution in [3.05, 3.63) is 88.0 Å². The lowest BCUT2D eigenvalue weighted by Crippen LogP contribution is -2.63. The second kappa shape index (κ2) is 11.6. The van der Waals surface area contributed by atoms with Gasteiger partial charge >= 0.3 is 12.4 Å². The largest absolute Gasteiger partial charge is 0.510 e. The summed E-state index contributed by atoms with van der Waals surface area (Å²) in [6.07, 6.45) is -9.93. The molecule has 0 saturated carbocycles. The van der Waals surface area contributed by atoms with Gasteiger partial charge in [-0.1, -0.05) is 24.3 Å². The number of aliphatic hydroxyl groups is 2. The molecule has 1 fully saturated rings. The Bertz CT molecular complexity index is 1510. The Kier molecular flexibility index (Phi) is 8.46. The first-order chi connectivity index (χ1) is 20.9. The van der Waals surface area contributed by atoms with Crippen LogP contribution in [0.3, 0.4) is 0 Å². The Morgan fingerprint density at radius 3 is 2.49 bits per heavy atom. The maximum Gasteiger partial charge on any atom is 0.433 e. The van der Waals surface area contributed by atoms with Crippen molar-refractivity contribution in [2.75, 3.05) is 13.1 Å². The number of hydrogen-bond acceptors (Lipinski definition) is 6. The number of allylic oxidation sites excluding steroid dienone is 5. The summed E-state index contributed by atoms with van der Waals surface area (Å²) in [6.45, 7) is 1.28. The van der Waals surface area contributed by atoms with E-state index in [-0.39, 0.29) is 24.1 Å². The second-order valence-electron chi connectivity index (χ2n) is 11.4. The van der Waals surface area contributed by atoms with E-state index in [0.29, 0.717) is 30.7 Å². The van der Waals surface area contributed by atoms with Gasteiger partial charge in [-0.3, -0.25) is 9.78 Å². The average Bonchev–Trinajstić information content (AvgIpc) is 3.36. The first-order valence-electron chi connectivity index (χ1n) is 13.8. The highest BCUT2D eigenvalue weighted by molar-refractivity contribution is 5.95. The van der Waals surface area contributed by atoms with Crippen LogP contribution in [0.15, 0.2) is 76.8 Å². The van der Waals surface area contributed by atoms with Crippen molar-refractivity contribution < 1.29 is 54.5 Å². The predicted molar refractivity (Wildman–Crippen MR) is 141 cm³/mol. The number of pyridine rings is 1. The van der Waals surface area contributed by atoms with Crippen molar-refractivity contribution >= 4 is 5.91 Å². The molecule has 2 aliphatic carbocycles. The molecule has 2 aliphatic heterocycles. The molecular weight excluding hydrogens is 623 g/mol. The maximum atomic E-state index is 14.7. The smallest absolute Gasteiger partial charge is 0.433 e. The lowest BCUT2D eigenvalue weighted by molar-refractivity contribution is -0.170. The van der Waals surface area contributed by atoms with Gasteiger partial charge in [0.25, 0.3) is 5.91 Å². The lowest BCUT2D eigenvalue weighted by atomic mass is 9.85. The Labute approximate surface area is 250 Å². The zero-order chi connectivity index (χ0) is 33.1. The molecule has 4 unspecified atom stereocenters. The summed E-state index contributed by atoms with van der Waals surface area (Å²) in [7, 11) is 0. The third-order valence-corrected chi connectivity index (χ3v) is 8.46. The number of aliphatic hydroxyl groups excluding tert-OH is 2. The second-order valence-corrected chi connectivity index (χ2v) is 11.4. The fourth-order valence-electron chi connectivity index (χ4n) is 6.05. The van der Waals surface area contributed by atoms with Crippen LogP contribution < -0.4 is 5.32 Å². The Morgan fingerprint density at radius 2 is 1.87 bits per heavy atom. The number of alkyl halides is 7. The fourth-order valence-corrected chi connectivity index (χ4v) is 6.05. The van der Waals surface area contributed by atoms with Crippen LogP contribution in [-0.2, 0) is 11.0 Å². The van der Waals surface area contributed by atoms with Crippen LogP contribution in [0.5, 0.6) is 0 Å². The summed E-state index contributed by atoms with van der Waals surface area (Å²) >= 11 is 0. The van der Waals surface area contributed by atoms with Crippen LogP contribution in [0.4, 0.5) is 39.5 Å². The van der Waals surface area contributed by atoms with Gasteiger partial charge in [-0.05, 0) is 43.0 Å². The number of fused-ring (bicyclic) bond motifs is 1. The van der Waals surface area contributed by atoms with E-state index in [1.165, 1.54) is 5.01 Å². The quantitative estimate of drug-likeness (QED) is 0.352. The highest BCUT2D eigenvalue weighted by Gasteiger charge is 2.53. The highest BCUT2D eigenvalue weighted by Crippen LogP contribution is 2.44. The van der Waals surface area contributed by atoms with Gasteiger partial charge in [0.05, 0.1) is 17.2 Å². The van der Waals surface area contributed by atoms with E-state index in [9.17, 15) is 54.5 Å². The number of nitrogens with zero attached hydrogens (tertiary/aromatic N) is 3. The number of amides is 1. The number of halogens is 9. The molecule has 1 aromatic rings. The molecule has 0 radical (unpaired) electrons. The van der Waals surface area contributed by atoms with E-state index in [2.05, 4.69) is 10.3 Å². The molecule has 7 nitrogen and oxygen atoms in total. The highest BCUT2D eigenvalue weighted by atomic mass is 19.4. The number of nitrogens with one attached hydrogen (secondary N) is 1. The molecule has 5 rings (SSSR count). The third kappa shape index (κ3) is 6.14. The van der Waals surface area contributed by atoms with Crippen LogP contribution in [0, 0.1) is 0 Å². The summed E-state index contributed by atoms with van der Waals surface area (Å²) < 4.78 is 122. The number of aromatic nitrogens is 1. The van der Waals surface area contributed by atoms with Crippen LogP contribution in [-0.4, -0.2) is 74.4 Å². The van der Waals surface area contributed by atoms with Crippen molar-refractivity contribution in [3.63, 3.8) is 0 Å². The van der Waals surface area contributed by atoms with Crippen molar-refractivity contribution in [2.45, 2.75) is 68.4 Å². The van der Waals surface area contributed by atoms with E-state index >= 15 is 0 Å². The Hall–Kier alpha value is -3.63. The van der Waals surface area contributed by atoms with Gasteiger partial charge in [-0.2, -0.15) is 26.3 Å². The first-order valence-corrected chi connectivity index (χ1v) is 13.8. The monoisotopic (exact) mass is 650 g/mol. The molecule has 1 aromatic heterocycles. The van der Waals surface area contributed by atoms with Crippen molar-refractivity contribution in [2.24, 2.45) is 0 Å². The van der Waals surface area contributed by atoms with E-state index in [1.54, 1.807) is 6.92 Å². The number of hydrogen-bond donors (Lipinski definition) is 3. The SMILES string of the molecule is CC12CCCN1N(CC1=CC(F)=C(F)CC1F)[C@H](O)C(C(=O)NC1C=CC(C(F)(F)F)=CC1c1ccc(C(F)(F)F)nc1)=C2O. The predicted octanol–water partition coefficient (Wildman–Crippen LogP) is 5.76. The molecule has 5 atom stereocenters. The fraction of sp³-hybridized carbons (Fsp3) is 0.448. The number of carbonyl (C=O) groups is 1. The van der Waals surface area contributed by atoms with Gasteiger partial charge < -0.3 is 15.5 Å². The summed E-state index contributed by atoms with van der Waals surface area (Å²) in [6, 6.07) is 0.203. The van der Waals surface area contributed by atoms with Crippen LogP contribution in [0.1, 0.15) is 43.4 Å². The van der Waals surface area contributed by atoms with E-state index in [4.69, 9.17) is 0 Å². The van der Waals surface area contributed by atoms with E-state index in [1.807, 2.05) is 0 Å². The maximum absolute atomic E-state index is 14.7. The molecule has 1 saturated heterocycles. The molecule has 244 valence electrons. The summed E-state index contributed by atoms with van der Waals surface area (Å²) in [5, 5.41) is 27.6. The van der Waals surface area contributed by atoms with Gasteiger partial charge in [0, 0.05) is 31.6 Å². The van der Waals surface area contributed by atoms with Crippen LogP contribution in [0.25, 0.3) is 0 Å². The zero-order valence-electron chi connectivity index (χ0n) is 23.4. The number of carbonyl (C=O) groups excluding carboxylic acids is 1. The van der Waals surface area contributed by atoms with E-state index < -0.39 is 95.4 Å². The summed E-state index contributed by atoms with van der Waals surface area (Å²) in [5.41, 5.74) is -4.66.